The van der Waals surface area contributed by atoms with Gasteiger partial charge in [-0.05, 0) is 43.9 Å². The Balaban J connectivity index is 2.30. The molecular formula is C20H13N. The Labute approximate surface area is 123 Å². The minimum atomic E-state index is 0.440. The first-order chi connectivity index (χ1) is 10.4. The number of hydrogen-bond donors (Lipinski definition) is 0. The lowest BCUT2D eigenvalue weighted by atomic mass is 9.92. The van der Waals surface area contributed by atoms with E-state index in [0.29, 0.717) is 6.42 Å². The lowest BCUT2D eigenvalue weighted by Gasteiger charge is -2.11. The number of hydrogen-bond acceptors (Lipinski definition) is 1. The van der Waals surface area contributed by atoms with Crippen LogP contribution in [0.4, 0.5) is 0 Å². The molecule has 0 aliphatic carbocycles. The van der Waals surface area contributed by atoms with E-state index in [1.807, 2.05) is 6.07 Å². The van der Waals surface area contributed by atoms with Crippen molar-refractivity contribution in [2.24, 2.45) is 0 Å². The van der Waals surface area contributed by atoms with Crippen LogP contribution in [0.15, 0.2) is 66.7 Å². The van der Waals surface area contributed by atoms with E-state index in [-0.39, 0.29) is 0 Å². The zero-order chi connectivity index (χ0) is 14.2. The molecule has 0 saturated heterocycles. The summed E-state index contributed by atoms with van der Waals surface area (Å²) < 4.78 is 0. The molecule has 4 aromatic rings. The van der Waals surface area contributed by atoms with Crippen LogP contribution in [-0.4, -0.2) is 0 Å². The van der Waals surface area contributed by atoms with Gasteiger partial charge in [-0.3, -0.25) is 0 Å². The zero-order valence-electron chi connectivity index (χ0n) is 11.5. The molecule has 0 fully saturated rings. The molecule has 0 atom stereocenters. The van der Waals surface area contributed by atoms with E-state index in [1.165, 1.54) is 32.3 Å². The van der Waals surface area contributed by atoms with Crippen LogP contribution in [-0.2, 0) is 6.42 Å². The van der Waals surface area contributed by atoms with Gasteiger partial charge in [0.2, 0.25) is 0 Å². The van der Waals surface area contributed by atoms with Gasteiger partial charge >= 0.3 is 0 Å². The van der Waals surface area contributed by atoms with Gasteiger partial charge in [0.05, 0.1) is 12.5 Å². The molecule has 0 saturated carbocycles. The van der Waals surface area contributed by atoms with Crippen molar-refractivity contribution in [2.75, 3.05) is 0 Å². The van der Waals surface area contributed by atoms with E-state index in [0.717, 1.165) is 5.56 Å². The fraction of sp³-hybridized carbons (Fsp3) is 0.0500. The summed E-state index contributed by atoms with van der Waals surface area (Å²) in [4.78, 5) is 0. The Morgan fingerprint density at radius 2 is 1.43 bits per heavy atom. The second-order valence-electron chi connectivity index (χ2n) is 5.30. The molecule has 4 rings (SSSR count). The molecular weight excluding hydrogens is 254 g/mol. The summed E-state index contributed by atoms with van der Waals surface area (Å²) in [5.74, 6) is 0. The van der Waals surface area contributed by atoms with Gasteiger partial charge in [-0.15, -0.1) is 0 Å². The van der Waals surface area contributed by atoms with Gasteiger partial charge in [0, 0.05) is 0 Å². The summed E-state index contributed by atoms with van der Waals surface area (Å²) in [7, 11) is 0. The van der Waals surface area contributed by atoms with Crippen LogP contribution in [0.5, 0.6) is 0 Å². The maximum absolute atomic E-state index is 9.17. The lowest BCUT2D eigenvalue weighted by molar-refractivity contribution is 1.30. The molecule has 1 heteroatoms. The molecule has 0 amide bonds. The smallest absolute Gasteiger partial charge is 0.0669 e. The van der Waals surface area contributed by atoms with Crippen molar-refractivity contribution in [2.45, 2.75) is 6.42 Å². The Kier molecular flexibility index (Phi) is 2.62. The second-order valence-corrected chi connectivity index (χ2v) is 5.30. The van der Waals surface area contributed by atoms with Gasteiger partial charge in [-0.25, -0.2) is 0 Å². The lowest BCUT2D eigenvalue weighted by Crippen LogP contribution is -1.89. The molecule has 0 heterocycles. The number of nitriles is 1. The highest BCUT2D eigenvalue weighted by Gasteiger charge is 2.09. The first-order valence-electron chi connectivity index (χ1n) is 7.07. The van der Waals surface area contributed by atoms with Crippen LogP contribution in [0.1, 0.15) is 5.56 Å². The quantitative estimate of drug-likeness (QED) is 0.434. The van der Waals surface area contributed by atoms with Gasteiger partial charge in [-0.1, -0.05) is 60.7 Å². The predicted octanol–water partition coefficient (Wildman–Crippen LogP) is 5.21. The van der Waals surface area contributed by atoms with Crippen molar-refractivity contribution >= 4 is 32.3 Å². The average Bonchev–Trinajstić information content (AvgIpc) is 2.54. The average molecular weight is 267 g/mol. The number of rotatable bonds is 1. The minimum absolute atomic E-state index is 0.440. The Morgan fingerprint density at radius 1 is 0.714 bits per heavy atom. The highest BCUT2D eigenvalue weighted by atomic mass is 14.2. The summed E-state index contributed by atoms with van der Waals surface area (Å²) in [5, 5.41) is 16.5. The van der Waals surface area contributed by atoms with Crippen LogP contribution >= 0.6 is 0 Å². The third-order valence-electron chi connectivity index (χ3n) is 4.10. The molecule has 0 aliphatic heterocycles. The first kappa shape index (κ1) is 11.9. The fourth-order valence-electron chi connectivity index (χ4n) is 3.19. The van der Waals surface area contributed by atoms with E-state index in [2.05, 4.69) is 66.7 Å². The molecule has 1 nitrogen and oxygen atoms in total. The van der Waals surface area contributed by atoms with Crippen LogP contribution < -0.4 is 0 Å². The van der Waals surface area contributed by atoms with Crippen molar-refractivity contribution in [1.82, 2.24) is 0 Å². The molecule has 21 heavy (non-hydrogen) atoms. The van der Waals surface area contributed by atoms with Gasteiger partial charge in [-0.2, -0.15) is 5.26 Å². The van der Waals surface area contributed by atoms with E-state index in [9.17, 15) is 5.26 Å². The van der Waals surface area contributed by atoms with Crippen LogP contribution in [0.25, 0.3) is 32.3 Å². The van der Waals surface area contributed by atoms with Crippen molar-refractivity contribution in [1.29, 1.82) is 5.26 Å². The van der Waals surface area contributed by atoms with Crippen molar-refractivity contribution < 1.29 is 0 Å². The number of benzene rings is 4. The third kappa shape index (κ3) is 1.77. The molecule has 0 bridgehead atoms. The first-order valence-corrected chi connectivity index (χ1v) is 7.07. The van der Waals surface area contributed by atoms with Crippen molar-refractivity contribution in [3.8, 4) is 6.07 Å². The predicted molar refractivity (Wildman–Crippen MR) is 88.3 cm³/mol. The van der Waals surface area contributed by atoms with Gasteiger partial charge < -0.3 is 0 Å². The summed E-state index contributed by atoms with van der Waals surface area (Å²) in [6.07, 6.45) is 0.440. The van der Waals surface area contributed by atoms with Crippen molar-refractivity contribution in [3.63, 3.8) is 0 Å². The Bertz CT molecular complexity index is 1020. The molecule has 4 aromatic carbocycles. The topological polar surface area (TPSA) is 23.8 Å². The maximum atomic E-state index is 9.17. The summed E-state index contributed by atoms with van der Waals surface area (Å²) in [6, 6.07) is 25.6. The van der Waals surface area contributed by atoms with Gasteiger partial charge in [0.15, 0.2) is 0 Å². The standard InChI is InChI=1S/C20H13N/c21-12-11-16-13-15-6-2-3-7-17(15)19-10-9-14-5-1-4-8-18(14)20(16)19/h1-10,13H,11H2. The molecule has 98 valence electrons. The van der Waals surface area contributed by atoms with Gasteiger partial charge in [0.25, 0.3) is 0 Å². The monoisotopic (exact) mass is 267 g/mol. The largest absolute Gasteiger partial charge is 0.198 e. The Hall–Kier alpha value is -2.85. The third-order valence-corrected chi connectivity index (χ3v) is 4.10. The van der Waals surface area contributed by atoms with Crippen LogP contribution in [0.3, 0.4) is 0 Å². The highest BCUT2D eigenvalue weighted by Crippen LogP contribution is 2.34. The van der Waals surface area contributed by atoms with E-state index in [4.69, 9.17) is 0 Å². The number of nitrogens with zero attached hydrogens (tertiary/aromatic N) is 1. The van der Waals surface area contributed by atoms with Gasteiger partial charge in [0.1, 0.15) is 0 Å². The van der Waals surface area contributed by atoms with E-state index in [1.54, 1.807) is 0 Å². The van der Waals surface area contributed by atoms with E-state index < -0.39 is 0 Å². The van der Waals surface area contributed by atoms with Crippen molar-refractivity contribution in [3.05, 3.63) is 72.3 Å². The Morgan fingerprint density at radius 3 is 2.24 bits per heavy atom. The molecule has 0 aromatic heterocycles. The molecule has 0 aliphatic rings. The molecule has 0 N–H and O–H groups in total. The van der Waals surface area contributed by atoms with E-state index >= 15 is 0 Å². The molecule has 0 unspecified atom stereocenters. The maximum Gasteiger partial charge on any atom is 0.0669 e. The highest BCUT2D eigenvalue weighted by molar-refractivity contribution is 6.18. The molecule has 0 spiro atoms. The molecule has 0 radical (unpaired) electrons. The summed E-state index contributed by atoms with van der Waals surface area (Å²) in [5.41, 5.74) is 1.11. The zero-order valence-corrected chi connectivity index (χ0v) is 11.5. The normalized spacial score (nSPS) is 11.0. The SMILES string of the molecule is N#CCc1cc2ccccc2c2ccc3ccccc3c12. The minimum Gasteiger partial charge on any atom is -0.198 e. The van der Waals surface area contributed by atoms with Crippen LogP contribution in [0.2, 0.25) is 0 Å². The fourth-order valence-corrected chi connectivity index (χ4v) is 3.19. The summed E-state index contributed by atoms with van der Waals surface area (Å²) in [6.45, 7) is 0. The summed E-state index contributed by atoms with van der Waals surface area (Å²) >= 11 is 0. The number of fused-ring (bicyclic) bond motifs is 5. The van der Waals surface area contributed by atoms with Crippen LogP contribution in [0, 0.1) is 11.3 Å². The second kappa shape index (κ2) is 4.61.